The Balaban J connectivity index is 2.44. The molecule has 0 bridgehead atoms. The maximum Gasteiger partial charge on any atom is 0.265 e. The molecule has 0 radical (unpaired) electrons. The number of hydrogen-bond donors (Lipinski definition) is 0. The average molecular weight is 325 g/mol. The highest BCUT2D eigenvalue weighted by atomic mass is 35.5. The fourth-order valence-corrected chi connectivity index (χ4v) is 2.35. The zero-order valence-electron chi connectivity index (χ0n) is 11.7. The average Bonchev–Trinajstić information content (AvgIpc) is 2.48. The molecule has 1 aliphatic heterocycles. The van der Waals surface area contributed by atoms with Crippen LogP contribution >= 0.6 is 23.8 Å². The molecule has 1 saturated heterocycles. The number of nitrogens with zero attached hydrogens (tertiary/aromatic N) is 2. The molecule has 0 N–H and O–H groups in total. The highest BCUT2D eigenvalue weighted by Crippen LogP contribution is 2.27. The fourth-order valence-electron chi connectivity index (χ4n) is 1.91. The molecule has 110 valence electrons. The zero-order valence-corrected chi connectivity index (χ0v) is 13.3. The molecule has 1 aliphatic rings. The topological polar surface area (TPSA) is 49.9 Å². The van der Waals surface area contributed by atoms with E-state index in [4.69, 9.17) is 28.6 Å². The van der Waals surface area contributed by atoms with Gasteiger partial charge in [0.05, 0.1) is 12.1 Å². The molecule has 21 heavy (non-hydrogen) atoms. The van der Waals surface area contributed by atoms with Crippen LogP contribution in [0.5, 0.6) is 5.75 Å². The van der Waals surface area contributed by atoms with Gasteiger partial charge in [0.15, 0.2) is 5.11 Å². The first-order valence-corrected chi connectivity index (χ1v) is 6.80. The first-order chi connectivity index (χ1) is 9.86. The van der Waals surface area contributed by atoms with Crippen LogP contribution < -0.4 is 4.74 Å². The minimum absolute atomic E-state index is 0.0369. The van der Waals surface area contributed by atoms with Crippen LogP contribution in [-0.2, 0) is 9.59 Å². The quantitative estimate of drug-likeness (QED) is 0.474. The van der Waals surface area contributed by atoms with Crippen molar-refractivity contribution >= 4 is 46.8 Å². The fraction of sp³-hybridized carbons (Fsp3) is 0.214. The minimum atomic E-state index is -0.435. The normalized spacial score (nSPS) is 15.6. The van der Waals surface area contributed by atoms with Gasteiger partial charge in [-0.1, -0.05) is 17.7 Å². The second-order valence-electron chi connectivity index (χ2n) is 4.46. The van der Waals surface area contributed by atoms with Crippen LogP contribution in [0.4, 0.5) is 0 Å². The summed E-state index contributed by atoms with van der Waals surface area (Å²) in [5.74, 6) is -0.347. The number of halogens is 1. The summed E-state index contributed by atoms with van der Waals surface area (Å²) in [5, 5.41) is 0.578. The second-order valence-corrected chi connectivity index (χ2v) is 5.24. The maximum atomic E-state index is 12.2. The van der Waals surface area contributed by atoms with Gasteiger partial charge in [-0.15, -0.1) is 0 Å². The summed E-state index contributed by atoms with van der Waals surface area (Å²) in [4.78, 5) is 26.9. The molecule has 1 aromatic rings. The lowest BCUT2D eigenvalue weighted by atomic mass is 10.1. The number of carbonyl (C=O) groups is 2. The van der Waals surface area contributed by atoms with Crippen LogP contribution in [-0.4, -0.2) is 47.9 Å². The van der Waals surface area contributed by atoms with E-state index >= 15 is 0 Å². The Hall–Kier alpha value is -1.92. The molecule has 0 aromatic heterocycles. The van der Waals surface area contributed by atoms with Gasteiger partial charge in [-0.2, -0.15) is 0 Å². The van der Waals surface area contributed by atoms with Gasteiger partial charge in [0.1, 0.15) is 11.3 Å². The van der Waals surface area contributed by atoms with E-state index in [2.05, 4.69) is 0 Å². The Kier molecular flexibility index (Phi) is 4.29. The van der Waals surface area contributed by atoms with Crippen molar-refractivity contribution in [3.8, 4) is 5.75 Å². The largest absolute Gasteiger partial charge is 0.495 e. The van der Waals surface area contributed by atoms with Crippen molar-refractivity contribution in [3.63, 3.8) is 0 Å². The molecule has 1 aromatic carbocycles. The Labute approximate surface area is 132 Å². The van der Waals surface area contributed by atoms with E-state index < -0.39 is 11.8 Å². The van der Waals surface area contributed by atoms with Crippen molar-refractivity contribution in [1.82, 2.24) is 9.80 Å². The zero-order chi connectivity index (χ0) is 15.7. The Morgan fingerprint density at radius 1 is 1.19 bits per heavy atom. The van der Waals surface area contributed by atoms with Gasteiger partial charge in [-0.3, -0.25) is 19.4 Å². The summed E-state index contributed by atoms with van der Waals surface area (Å²) in [7, 11) is 4.57. The van der Waals surface area contributed by atoms with Crippen molar-refractivity contribution in [2.24, 2.45) is 0 Å². The SMILES string of the molecule is COc1ccc(C=C2C(=O)N(C)C(=S)N(C)C2=O)cc1Cl. The van der Waals surface area contributed by atoms with Crippen molar-refractivity contribution in [2.45, 2.75) is 0 Å². The van der Waals surface area contributed by atoms with Crippen LogP contribution in [0, 0.1) is 0 Å². The predicted octanol–water partition coefficient (Wildman–Crippen LogP) is 1.95. The number of carbonyl (C=O) groups excluding carboxylic acids is 2. The monoisotopic (exact) mass is 324 g/mol. The third-order valence-electron chi connectivity index (χ3n) is 3.13. The van der Waals surface area contributed by atoms with Gasteiger partial charge in [0.25, 0.3) is 11.8 Å². The van der Waals surface area contributed by atoms with E-state index in [1.54, 1.807) is 18.2 Å². The van der Waals surface area contributed by atoms with E-state index in [-0.39, 0.29) is 10.7 Å². The molecule has 5 nitrogen and oxygen atoms in total. The van der Waals surface area contributed by atoms with E-state index in [0.29, 0.717) is 16.3 Å². The second kappa shape index (κ2) is 5.83. The lowest BCUT2D eigenvalue weighted by Gasteiger charge is -2.31. The van der Waals surface area contributed by atoms with Gasteiger partial charge >= 0.3 is 0 Å². The minimum Gasteiger partial charge on any atom is -0.495 e. The molecular weight excluding hydrogens is 312 g/mol. The highest BCUT2D eigenvalue weighted by Gasteiger charge is 2.35. The Morgan fingerprint density at radius 3 is 2.24 bits per heavy atom. The van der Waals surface area contributed by atoms with E-state index in [1.807, 2.05) is 0 Å². The molecule has 0 spiro atoms. The van der Waals surface area contributed by atoms with E-state index in [0.717, 1.165) is 0 Å². The van der Waals surface area contributed by atoms with E-state index in [9.17, 15) is 9.59 Å². The third-order valence-corrected chi connectivity index (χ3v) is 3.97. The van der Waals surface area contributed by atoms with Gasteiger partial charge in [0, 0.05) is 14.1 Å². The first kappa shape index (κ1) is 15.5. The standard InChI is InChI=1S/C14H13ClN2O3S/c1-16-12(18)9(13(19)17(2)14(16)21)6-8-4-5-11(20-3)10(15)7-8/h4-7H,1-3H3. The summed E-state index contributed by atoms with van der Waals surface area (Å²) in [5.41, 5.74) is 0.668. The van der Waals surface area contributed by atoms with Crippen molar-refractivity contribution in [3.05, 3.63) is 34.4 Å². The number of methoxy groups -OCH3 is 1. The van der Waals surface area contributed by atoms with Crippen LogP contribution in [0.3, 0.4) is 0 Å². The molecule has 0 saturated carbocycles. The van der Waals surface area contributed by atoms with Gasteiger partial charge in [-0.05, 0) is 36.0 Å². The molecule has 7 heteroatoms. The number of amides is 2. The highest BCUT2D eigenvalue weighted by molar-refractivity contribution is 7.80. The molecule has 2 amide bonds. The lowest BCUT2D eigenvalue weighted by Crippen LogP contribution is -2.52. The summed E-state index contributed by atoms with van der Waals surface area (Å²) < 4.78 is 5.06. The number of rotatable bonds is 2. The van der Waals surface area contributed by atoms with Crippen LogP contribution in [0.1, 0.15) is 5.56 Å². The summed E-state index contributed by atoms with van der Waals surface area (Å²) in [6.07, 6.45) is 1.49. The summed E-state index contributed by atoms with van der Waals surface area (Å²) >= 11 is 11.1. The Morgan fingerprint density at radius 2 is 1.76 bits per heavy atom. The van der Waals surface area contributed by atoms with E-state index in [1.165, 1.54) is 37.1 Å². The Bertz CT molecular complexity index is 646. The van der Waals surface area contributed by atoms with Crippen LogP contribution in [0.2, 0.25) is 5.02 Å². The molecule has 1 heterocycles. The molecule has 0 atom stereocenters. The summed E-state index contributed by atoms with van der Waals surface area (Å²) in [6, 6.07) is 5.01. The summed E-state index contributed by atoms with van der Waals surface area (Å²) in [6.45, 7) is 0. The van der Waals surface area contributed by atoms with Crippen LogP contribution in [0.15, 0.2) is 23.8 Å². The number of benzene rings is 1. The molecular formula is C14H13ClN2O3S. The van der Waals surface area contributed by atoms with Gasteiger partial charge < -0.3 is 4.74 Å². The number of ether oxygens (including phenoxy) is 1. The molecule has 0 unspecified atom stereocenters. The molecule has 0 aliphatic carbocycles. The lowest BCUT2D eigenvalue weighted by molar-refractivity contribution is -0.132. The maximum absolute atomic E-state index is 12.2. The van der Waals surface area contributed by atoms with Crippen molar-refractivity contribution in [2.75, 3.05) is 21.2 Å². The van der Waals surface area contributed by atoms with Crippen LogP contribution in [0.25, 0.3) is 6.08 Å². The first-order valence-electron chi connectivity index (χ1n) is 6.02. The van der Waals surface area contributed by atoms with Gasteiger partial charge in [0.2, 0.25) is 0 Å². The number of likely N-dealkylation sites (N-methyl/N-ethyl adjacent to an activating group) is 2. The van der Waals surface area contributed by atoms with Gasteiger partial charge in [-0.25, -0.2) is 0 Å². The van der Waals surface area contributed by atoms with Crippen molar-refractivity contribution < 1.29 is 14.3 Å². The molecule has 2 rings (SSSR count). The number of thiocarbonyl (C=S) groups is 1. The predicted molar refractivity (Wildman–Crippen MR) is 84.1 cm³/mol. The van der Waals surface area contributed by atoms with Crippen molar-refractivity contribution in [1.29, 1.82) is 0 Å². The number of hydrogen-bond acceptors (Lipinski definition) is 4. The third kappa shape index (κ3) is 2.77. The molecule has 1 fully saturated rings. The smallest absolute Gasteiger partial charge is 0.265 e.